The van der Waals surface area contributed by atoms with Gasteiger partial charge in [0, 0.05) is 31.0 Å². The predicted molar refractivity (Wildman–Crippen MR) is 92.6 cm³/mol. The maximum atomic E-state index is 13.0. The minimum atomic E-state index is -0.296. The monoisotopic (exact) mass is 342 g/mol. The zero-order valence-electron chi connectivity index (χ0n) is 12.7. The molecule has 1 amide bonds. The van der Waals surface area contributed by atoms with Gasteiger partial charge >= 0.3 is 0 Å². The summed E-state index contributed by atoms with van der Waals surface area (Å²) >= 11 is 1.36. The second-order valence-electron chi connectivity index (χ2n) is 4.94. The first kappa shape index (κ1) is 16.1. The maximum absolute atomic E-state index is 13.0. The number of thiophene rings is 1. The summed E-state index contributed by atoms with van der Waals surface area (Å²) in [7, 11) is 0. The summed E-state index contributed by atoms with van der Waals surface area (Å²) in [6.45, 7) is 0.998. The van der Waals surface area contributed by atoms with Crippen LogP contribution in [0, 0.1) is 5.82 Å². The number of aromatic nitrogens is 2. The highest BCUT2D eigenvalue weighted by Gasteiger charge is 2.14. The Morgan fingerprint density at radius 1 is 1.12 bits per heavy atom. The lowest BCUT2D eigenvalue weighted by Crippen LogP contribution is -2.28. The summed E-state index contributed by atoms with van der Waals surface area (Å²) in [4.78, 5) is 21.0. The standard InChI is InChI=1S/C17H15FN4OS/c18-13-3-1-12(2-4-13)14-5-10-24-16(14)17(23)22-9-8-21-15-11-19-6-7-20-15/h1-7,10-11H,8-9H2,(H,20,21)(H,22,23). The Morgan fingerprint density at radius 2 is 1.96 bits per heavy atom. The molecule has 3 aromatic rings. The van der Waals surface area contributed by atoms with Gasteiger partial charge in [-0.1, -0.05) is 12.1 Å². The van der Waals surface area contributed by atoms with Crippen molar-refractivity contribution in [3.05, 3.63) is 65.0 Å². The third kappa shape index (κ3) is 3.94. The molecule has 7 heteroatoms. The van der Waals surface area contributed by atoms with E-state index in [4.69, 9.17) is 0 Å². The van der Waals surface area contributed by atoms with Gasteiger partial charge in [-0.15, -0.1) is 11.3 Å². The van der Waals surface area contributed by atoms with E-state index in [0.29, 0.717) is 23.8 Å². The molecule has 24 heavy (non-hydrogen) atoms. The van der Waals surface area contributed by atoms with Crippen molar-refractivity contribution in [2.75, 3.05) is 18.4 Å². The van der Waals surface area contributed by atoms with Crippen LogP contribution in [0.25, 0.3) is 11.1 Å². The van der Waals surface area contributed by atoms with Crippen molar-refractivity contribution in [1.82, 2.24) is 15.3 Å². The molecule has 5 nitrogen and oxygen atoms in total. The lowest BCUT2D eigenvalue weighted by molar-refractivity contribution is 0.0960. The predicted octanol–water partition coefficient (Wildman–Crippen LogP) is 3.19. The smallest absolute Gasteiger partial charge is 0.262 e. The fraction of sp³-hybridized carbons (Fsp3) is 0.118. The molecular formula is C17H15FN4OS. The molecular weight excluding hydrogens is 327 g/mol. The molecule has 0 saturated heterocycles. The zero-order chi connectivity index (χ0) is 16.8. The van der Waals surface area contributed by atoms with Crippen molar-refractivity contribution >= 4 is 23.1 Å². The fourth-order valence-electron chi connectivity index (χ4n) is 2.18. The van der Waals surface area contributed by atoms with E-state index < -0.39 is 0 Å². The molecule has 3 rings (SSSR count). The Hall–Kier alpha value is -2.80. The third-order valence-corrected chi connectivity index (χ3v) is 4.22. The molecule has 0 bridgehead atoms. The Balaban J connectivity index is 1.58. The van der Waals surface area contributed by atoms with E-state index in [1.165, 1.54) is 23.5 Å². The second kappa shape index (κ2) is 7.65. The molecule has 0 radical (unpaired) electrons. The van der Waals surface area contributed by atoms with Crippen LogP contribution in [0.15, 0.2) is 54.3 Å². The van der Waals surface area contributed by atoms with Gasteiger partial charge in [-0.2, -0.15) is 0 Å². The van der Waals surface area contributed by atoms with E-state index in [2.05, 4.69) is 20.6 Å². The van der Waals surface area contributed by atoms with E-state index in [0.717, 1.165) is 11.1 Å². The molecule has 2 heterocycles. The number of amides is 1. The largest absolute Gasteiger partial charge is 0.367 e. The van der Waals surface area contributed by atoms with Gasteiger partial charge in [0.1, 0.15) is 11.6 Å². The molecule has 0 fully saturated rings. The van der Waals surface area contributed by atoms with Crippen LogP contribution in [-0.4, -0.2) is 29.0 Å². The Morgan fingerprint density at radius 3 is 2.71 bits per heavy atom. The first-order chi connectivity index (χ1) is 11.7. The van der Waals surface area contributed by atoms with Crippen LogP contribution >= 0.6 is 11.3 Å². The van der Waals surface area contributed by atoms with Crippen LogP contribution in [0.5, 0.6) is 0 Å². The van der Waals surface area contributed by atoms with Crippen LogP contribution in [-0.2, 0) is 0 Å². The molecule has 0 aliphatic rings. The van der Waals surface area contributed by atoms with Gasteiger partial charge in [-0.25, -0.2) is 9.37 Å². The Kier molecular flexibility index (Phi) is 5.12. The molecule has 0 aliphatic heterocycles. The zero-order valence-corrected chi connectivity index (χ0v) is 13.5. The van der Waals surface area contributed by atoms with E-state index in [1.54, 1.807) is 30.7 Å². The van der Waals surface area contributed by atoms with Gasteiger partial charge in [0.15, 0.2) is 0 Å². The van der Waals surface area contributed by atoms with E-state index in [1.807, 2.05) is 11.4 Å². The molecule has 122 valence electrons. The van der Waals surface area contributed by atoms with Gasteiger partial charge in [0.25, 0.3) is 5.91 Å². The lowest BCUT2D eigenvalue weighted by Gasteiger charge is -2.08. The molecule has 0 saturated carbocycles. The average Bonchev–Trinajstić information content (AvgIpc) is 3.10. The number of nitrogens with zero attached hydrogens (tertiary/aromatic N) is 2. The van der Waals surface area contributed by atoms with Crippen molar-refractivity contribution in [3.8, 4) is 11.1 Å². The van der Waals surface area contributed by atoms with Crippen molar-refractivity contribution in [2.24, 2.45) is 0 Å². The van der Waals surface area contributed by atoms with Crippen LogP contribution in [0.1, 0.15) is 9.67 Å². The van der Waals surface area contributed by atoms with Crippen molar-refractivity contribution in [3.63, 3.8) is 0 Å². The summed E-state index contributed by atoms with van der Waals surface area (Å²) in [5, 5.41) is 7.79. The second-order valence-corrected chi connectivity index (χ2v) is 5.86. The number of carbonyl (C=O) groups excluding carboxylic acids is 1. The van der Waals surface area contributed by atoms with Gasteiger partial charge < -0.3 is 10.6 Å². The molecule has 0 spiro atoms. The SMILES string of the molecule is O=C(NCCNc1cnccn1)c1sccc1-c1ccc(F)cc1. The summed E-state index contributed by atoms with van der Waals surface area (Å²) in [5.41, 5.74) is 1.62. The van der Waals surface area contributed by atoms with Gasteiger partial charge in [0.05, 0.1) is 11.1 Å². The minimum absolute atomic E-state index is 0.148. The van der Waals surface area contributed by atoms with E-state index in [9.17, 15) is 9.18 Å². The summed E-state index contributed by atoms with van der Waals surface area (Å²) < 4.78 is 13.0. The number of hydrogen-bond donors (Lipinski definition) is 2. The van der Waals surface area contributed by atoms with Gasteiger partial charge in [0.2, 0.25) is 0 Å². The van der Waals surface area contributed by atoms with E-state index in [-0.39, 0.29) is 11.7 Å². The number of benzene rings is 1. The van der Waals surface area contributed by atoms with Crippen molar-refractivity contribution in [2.45, 2.75) is 0 Å². The number of hydrogen-bond acceptors (Lipinski definition) is 5. The van der Waals surface area contributed by atoms with Gasteiger partial charge in [-0.05, 0) is 29.1 Å². The molecule has 0 aliphatic carbocycles. The van der Waals surface area contributed by atoms with Crippen LogP contribution in [0.3, 0.4) is 0 Å². The van der Waals surface area contributed by atoms with Crippen LogP contribution < -0.4 is 10.6 Å². The first-order valence-corrected chi connectivity index (χ1v) is 8.23. The van der Waals surface area contributed by atoms with Crippen molar-refractivity contribution in [1.29, 1.82) is 0 Å². The summed E-state index contributed by atoms with van der Waals surface area (Å²) in [6.07, 6.45) is 4.82. The van der Waals surface area contributed by atoms with Gasteiger partial charge in [-0.3, -0.25) is 9.78 Å². The molecule has 1 aromatic carbocycles. The number of rotatable bonds is 6. The minimum Gasteiger partial charge on any atom is -0.367 e. The molecule has 2 aromatic heterocycles. The third-order valence-electron chi connectivity index (χ3n) is 3.31. The normalized spacial score (nSPS) is 10.4. The summed E-state index contributed by atoms with van der Waals surface area (Å²) in [5.74, 6) is 0.218. The highest BCUT2D eigenvalue weighted by molar-refractivity contribution is 7.12. The summed E-state index contributed by atoms with van der Waals surface area (Å²) in [6, 6.07) is 7.98. The van der Waals surface area contributed by atoms with E-state index >= 15 is 0 Å². The molecule has 0 atom stereocenters. The fourth-order valence-corrected chi connectivity index (χ4v) is 3.01. The number of halogens is 1. The number of nitrogens with one attached hydrogen (secondary N) is 2. The molecule has 0 unspecified atom stereocenters. The molecule has 2 N–H and O–H groups in total. The average molecular weight is 342 g/mol. The number of anilines is 1. The Bertz CT molecular complexity index is 805. The van der Waals surface area contributed by atoms with Crippen LogP contribution in [0.2, 0.25) is 0 Å². The lowest BCUT2D eigenvalue weighted by atomic mass is 10.1. The number of carbonyl (C=O) groups is 1. The maximum Gasteiger partial charge on any atom is 0.262 e. The van der Waals surface area contributed by atoms with Crippen molar-refractivity contribution < 1.29 is 9.18 Å². The van der Waals surface area contributed by atoms with Crippen LogP contribution in [0.4, 0.5) is 10.2 Å². The highest BCUT2D eigenvalue weighted by atomic mass is 32.1. The Labute approximate surface area is 142 Å². The first-order valence-electron chi connectivity index (χ1n) is 7.35. The topological polar surface area (TPSA) is 66.9 Å². The quantitative estimate of drug-likeness (QED) is 0.675. The highest BCUT2D eigenvalue weighted by Crippen LogP contribution is 2.28.